The van der Waals surface area contributed by atoms with Gasteiger partial charge >= 0.3 is 0 Å². The van der Waals surface area contributed by atoms with Crippen molar-refractivity contribution in [2.24, 2.45) is 9.98 Å². The van der Waals surface area contributed by atoms with Crippen LogP contribution in [0, 0.1) is 0 Å². The number of ether oxygens (including phenoxy) is 2. The smallest absolute Gasteiger partial charge is 0.281 e. The lowest BCUT2D eigenvalue weighted by Crippen LogP contribution is -2.46. The summed E-state index contributed by atoms with van der Waals surface area (Å²) < 4.78 is 25.3. The molecule has 0 radical (unpaired) electrons. The number of fused-ring (bicyclic) bond motifs is 1. The summed E-state index contributed by atoms with van der Waals surface area (Å²) in [7, 11) is 1.55. The molecule has 10 heteroatoms. The predicted octanol–water partition coefficient (Wildman–Crippen LogP) is 1.83. The lowest BCUT2D eigenvalue weighted by Gasteiger charge is -2.35. The van der Waals surface area contributed by atoms with Gasteiger partial charge in [-0.2, -0.15) is 10.1 Å². The number of H-pyrrole nitrogens is 1. The van der Waals surface area contributed by atoms with Crippen molar-refractivity contribution in [1.29, 1.82) is 0 Å². The zero-order valence-corrected chi connectivity index (χ0v) is 15.8. The van der Waals surface area contributed by atoms with Crippen molar-refractivity contribution in [3.05, 3.63) is 6.33 Å². The summed E-state index contributed by atoms with van der Waals surface area (Å²) in [6.45, 7) is 0. The highest BCUT2D eigenvalue weighted by Gasteiger charge is 2.38. The topological polar surface area (TPSA) is 114 Å². The first-order valence-electron chi connectivity index (χ1n) is 9.80. The van der Waals surface area contributed by atoms with Gasteiger partial charge in [0.1, 0.15) is 18.6 Å². The number of aromatic nitrogens is 3. The maximum absolute atomic E-state index is 13.7. The summed E-state index contributed by atoms with van der Waals surface area (Å²) in [6, 6.07) is 0.000430. The molecule has 5 atom stereocenters. The van der Waals surface area contributed by atoms with E-state index in [1.54, 1.807) is 7.11 Å². The van der Waals surface area contributed by atoms with E-state index < -0.39 is 12.1 Å². The summed E-state index contributed by atoms with van der Waals surface area (Å²) in [4.78, 5) is 26.1. The molecule has 0 spiro atoms. The van der Waals surface area contributed by atoms with Crippen LogP contribution in [0.4, 0.5) is 10.3 Å². The second-order valence-electron chi connectivity index (χ2n) is 7.46. The fraction of sp³-hybridized carbons (Fsp3) is 0.722. The number of aliphatic imine (C=N–C) groups is 2. The van der Waals surface area contributed by atoms with E-state index in [1.165, 1.54) is 6.33 Å². The van der Waals surface area contributed by atoms with Crippen LogP contribution in [-0.4, -0.2) is 70.3 Å². The monoisotopic (exact) mass is 392 g/mol. The molecule has 28 heavy (non-hydrogen) atoms. The van der Waals surface area contributed by atoms with E-state index in [9.17, 15) is 9.18 Å². The fourth-order valence-corrected chi connectivity index (χ4v) is 4.08. The predicted molar refractivity (Wildman–Crippen MR) is 100 cm³/mol. The maximum atomic E-state index is 13.7. The van der Waals surface area contributed by atoms with Crippen LogP contribution in [0.2, 0.25) is 0 Å². The van der Waals surface area contributed by atoms with Crippen molar-refractivity contribution in [1.82, 2.24) is 15.2 Å². The van der Waals surface area contributed by atoms with E-state index >= 15 is 0 Å². The van der Waals surface area contributed by atoms with Crippen LogP contribution in [0.1, 0.15) is 44.9 Å². The molecule has 1 aromatic rings. The number of carbonyl (C=O) groups is 1. The number of alkyl halides is 1. The number of hydrogen-bond acceptors (Lipinski definition) is 7. The summed E-state index contributed by atoms with van der Waals surface area (Å²) in [5.41, 5.74) is 0.150. The average Bonchev–Trinajstić information content (AvgIpc) is 3.21. The van der Waals surface area contributed by atoms with Crippen molar-refractivity contribution in [3.63, 3.8) is 0 Å². The molecule has 0 bridgehead atoms. The van der Waals surface area contributed by atoms with E-state index in [4.69, 9.17) is 14.5 Å². The third-order valence-electron chi connectivity index (χ3n) is 5.57. The molecule has 0 aromatic carbocycles. The molecule has 152 valence electrons. The van der Waals surface area contributed by atoms with Gasteiger partial charge in [0.05, 0.1) is 18.2 Å². The minimum atomic E-state index is -0.899. The molecule has 4 rings (SSSR count). The van der Waals surface area contributed by atoms with Gasteiger partial charge in [0.15, 0.2) is 5.71 Å². The quantitative estimate of drug-likeness (QED) is 0.811. The number of halogens is 1. The molecular formula is C18H25FN6O3. The number of nitrogens with zero attached hydrogens (tertiary/aromatic N) is 4. The third-order valence-corrected chi connectivity index (χ3v) is 5.57. The van der Waals surface area contributed by atoms with Gasteiger partial charge in [0, 0.05) is 13.5 Å². The first-order chi connectivity index (χ1) is 13.6. The highest BCUT2D eigenvalue weighted by molar-refractivity contribution is 6.67. The van der Waals surface area contributed by atoms with Gasteiger partial charge in [-0.1, -0.05) is 12.8 Å². The van der Waals surface area contributed by atoms with Gasteiger partial charge in [0.25, 0.3) is 5.91 Å². The number of nitrogens with one attached hydrogen (secondary N) is 2. The van der Waals surface area contributed by atoms with Crippen LogP contribution in [0.15, 0.2) is 16.3 Å². The Bertz CT molecular complexity index is 753. The molecule has 1 aromatic heterocycles. The number of amides is 1. The second-order valence-corrected chi connectivity index (χ2v) is 7.46. The zero-order valence-electron chi connectivity index (χ0n) is 15.8. The molecule has 1 aliphatic heterocycles. The molecule has 2 aliphatic carbocycles. The van der Waals surface area contributed by atoms with E-state index in [1.807, 2.05) is 0 Å². The number of aromatic amines is 1. The van der Waals surface area contributed by atoms with Crippen molar-refractivity contribution in [2.75, 3.05) is 12.4 Å². The van der Waals surface area contributed by atoms with Gasteiger partial charge in [-0.15, -0.1) is 0 Å². The zero-order chi connectivity index (χ0) is 19.5. The Labute approximate surface area is 162 Å². The standard InChI is InChI=1S/C18H25FN6O3/c1-27-14-8-10(19)6-7-13(14)28-17-15(16(26)24-18-20-9-21-25-18)22-11-4-2-3-5-12(11)23-17/h9-14H,2-8H2,1H3,(H2,20,21,24,25,26). The van der Waals surface area contributed by atoms with E-state index in [-0.39, 0.29) is 48.3 Å². The SMILES string of the molecule is COC1CC(F)CCC1OC1=NC2CCCCC2N=C1C(=O)Nc1ncn[nH]1. The first kappa shape index (κ1) is 19.0. The Morgan fingerprint density at radius 1 is 1.18 bits per heavy atom. The van der Waals surface area contributed by atoms with Crippen LogP contribution in [0.3, 0.4) is 0 Å². The summed E-state index contributed by atoms with van der Waals surface area (Å²) >= 11 is 0. The van der Waals surface area contributed by atoms with Crippen LogP contribution in [0.5, 0.6) is 0 Å². The summed E-state index contributed by atoms with van der Waals surface area (Å²) in [6.07, 6.45) is 4.82. The Hall–Kier alpha value is -2.36. The van der Waals surface area contributed by atoms with Crippen LogP contribution < -0.4 is 5.32 Å². The Morgan fingerprint density at radius 3 is 2.68 bits per heavy atom. The Morgan fingerprint density at radius 2 is 1.96 bits per heavy atom. The van der Waals surface area contributed by atoms with Gasteiger partial charge in [0.2, 0.25) is 11.8 Å². The first-order valence-corrected chi connectivity index (χ1v) is 9.80. The number of methoxy groups -OCH3 is 1. The summed E-state index contributed by atoms with van der Waals surface area (Å²) in [5, 5.41) is 8.95. The lowest BCUT2D eigenvalue weighted by molar-refractivity contribution is -0.110. The van der Waals surface area contributed by atoms with E-state index in [0.29, 0.717) is 12.8 Å². The Kier molecular flexibility index (Phi) is 5.65. The highest BCUT2D eigenvalue weighted by Crippen LogP contribution is 2.30. The highest BCUT2D eigenvalue weighted by atomic mass is 19.1. The fourth-order valence-electron chi connectivity index (χ4n) is 4.08. The number of carbonyl (C=O) groups excluding carboxylic acids is 1. The average molecular weight is 392 g/mol. The number of rotatable bonds is 4. The van der Waals surface area contributed by atoms with Crippen molar-refractivity contribution < 1.29 is 18.7 Å². The minimum absolute atomic E-state index is 0.0172. The van der Waals surface area contributed by atoms with Crippen LogP contribution in [-0.2, 0) is 14.3 Å². The normalized spacial score (nSPS) is 32.7. The molecule has 3 aliphatic rings. The molecule has 2 saturated carbocycles. The van der Waals surface area contributed by atoms with E-state index in [2.05, 4.69) is 25.5 Å². The van der Waals surface area contributed by atoms with Crippen molar-refractivity contribution in [3.8, 4) is 0 Å². The molecule has 0 saturated heterocycles. The second kappa shape index (κ2) is 8.34. The number of hydrogen-bond donors (Lipinski definition) is 2. The van der Waals surface area contributed by atoms with Gasteiger partial charge in [-0.3, -0.25) is 15.1 Å². The maximum Gasteiger partial charge on any atom is 0.281 e. The number of anilines is 1. The van der Waals surface area contributed by atoms with Crippen LogP contribution >= 0.6 is 0 Å². The largest absolute Gasteiger partial charge is 0.470 e. The summed E-state index contributed by atoms with van der Waals surface area (Å²) in [5.74, 6) is -0.0114. The lowest BCUT2D eigenvalue weighted by atomic mass is 9.90. The molecule has 9 nitrogen and oxygen atoms in total. The molecule has 2 fully saturated rings. The third kappa shape index (κ3) is 4.06. The molecule has 5 unspecified atom stereocenters. The van der Waals surface area contributed by atoms with Gasteiger partial charge in [-0.25, -0.2) is 14.5 Å². The van der Waals surface area contributed by atoms with Crippen LogP contribution in [0.25, 0.3) is 0 Å². The Balaban J connectivity index is 1.55. The van der Waals surface area contributed by atoms with Crippen molar-refractivity contribution in [2.45, 2.75) is 75.4 Å². The van der Waals surface area contributed by atoms with Crippen molar-refractivity contribution >= 4 is 23.5 Å². The minimum Gasteiger partial charge on any atom is -0.470 e. The molecule has 2 heterocycles. The van der Waals surface area contributed by atoms with Gasteiger partial charge in [-0.05, 0) is 25.7 Å². The molecular weight excluding hydrogens is 367 g/mol. The molecule has 1 amide bonds. The van der Waals surface area contributed by atoms with E-state index in [0.717, 1.165) is 25.7 Å². The molecule has 2 N–H and O–H groups in total. The van der Waals surface area contributed by atoms with Gasteiger partial charge < -0.3 is 9.47 Å².